The van der Waals surface area contributed by atoms with E-state index in [4.69, 9.17) is 4.74 Å². The zero-order valence-corrected chi connectivity index (χ0v) is 14.9. The largest absolute Gasteiger partial charge is 0.491 e. The van der Waals surface area contributed by atoms with E-state index >= 15 is 0 Å². The number of carbonyl (C=O) groups excluding carboxylic acids is 1. The third kappa shape index (κ3) is 7.48. The smallest absolute Gasteiger partial charge is 0.224 e. The minimum atomic E-state index is -0.571. The molecule has 0 fully saturated rings. The van der Waals surface area contributed by atoms with Crippen LogP contribution in [-0.4, -0.2) is 35.8 Å². The second-order valence-electron chi connectivity index (χ2n) is 6.67. The van der Waals surface area contributed by atoms with Crippen molar-refractivity contribution >= 4 is 11.6 Å². The lowest BCUT2D eigenvalue weighted by atomic mass is 10.1. The summed E-state index contributed by atoms with van der Waals surface area (Å²) in [7, 11) is 0. The predicted octanol–water partition coefficient (Wildman–Crippen LogP) is 2.73. The van der Waals surface area contributed by atoms with E-state index < -0.39 is 6.10 Å². The van der Waals surface area contributed by atoms with Crippen molar-refractivity contribution in [2.75, 3.05) is 18.5 Å². The topological polar surface area (TPSA) is 70.6 Å². The number of hydrogen-bond donors (Lipinski definition) is 3. The fraction of sp³-hybridized carbons (Fsp3) is 0.611. The zero-order valence-electron chi connectivity index (χ0n) is 14.9. The zero-order chi connectivity index (χ0) is 17.5. The monoisotopic (exact) mass is 322 g/mol. The van der Waals surface area contributed by atoms with Gasteiger partial charge in [-0.05, 0) is 51.0 Å². The number of aliphatic hydroxyl groups is 1. The van der Waals surface area contributed by atoms with Gasteiger partial charge in [0.25, 0.3) is 0 Å². The third-order valence-electron chi connectivity index (χ3n) is 3.35. The first-order chi connectivity index (χ1) is 10.7. The van der Waals surface area contributed by atoms with Crippen molar-refractivity contribution in [2.24, 2.45) is 0 Å². The number of amides is 1. The van der Waals surface area contributed by atoms with Crippen molar-refractivity contribution in [2.45, 2.75) is 59.1 Å². The van der Waals surface area contributed by atoms with Crippen LogP contribution in [0.15, 0.2) is 18.2 Å². The van der Waals surface area contributed by atoms with E-state index in [0.29, 0.717) is 13.0 Å². The molecule has 5 nitrogen and oxygen atoms in total. The van der Waals surface area contributed by atoms with Gasteiger partial charge in [-0.3, -0.25) is 4.79 Å². The van der Waals surface area contributed by atoms with Gasteiger partial charge in [-0.1, -0.05) is 13.8 Å². The van der Waals surface area contributed by atoms with Gasteiger partial charge in [0.05, 0.1) is 0 Å². The maximum absolute atomic E-state index is 11.5. The molecule has 0 aromatic heterocycles. The Labute approximate surface area is 139 Å². The number of β-amino-alcohol motifs (C(OH)–C–C–N with tert-alkyl or cyclic N) is 1. The van der Waals surface area contributed by atoms with Gasteiger partial charge in [0.1, 0.15) is 18.5 Å². The number of aryl methyl sites for hydroxylation is 1. The van der Waals surface area contributed by atoms with Gasteiger partial charge in [-0.2, -0.15) is 0 Å². The number of carbonyl (C=O) groups is 1. The SMILES string of the molecule is CCC(=O)Nc1ccc(OCC(O)CNC(C)(C)C)c(CC)c1. The summed E-state index contributed by atoms with van der Waals surface area (Å²) < 4.78 is 5.74. The third-order valence-corrected chi connectivity index (χ3v) is 3.35. The normalized spacial score (nSPS) is 12.8. The second kappa shape index (κ2) is 8.89. The molecule has 0 saturated heterocycles. The lowest BCUT2D eigenvalue weighted by molar-refractivity contribution is -0.115. The van der Waals surface area contributed by atoms with Gasteiger partial charge in [0, 0.05) is 24.2 Å². The van der Waals surface area contributed by atoms with Crippen LogP contribution >= 0.6 is 0 Å². The molecule has 0 bridgehead atoms. The van der Waals surface area contributed by atoms with Gasteiger partial charge < -0.3 is 20.5 Å². The van der Waals surface area contributed by atoms with Crippen LogP contribution in [0.2, 0.25) is 0 Å². The van der Waals surface area contributed by atoms with E-state index in [0.717, 1.165) is 23.4 Å². The van der Waals surface area contributed by atoms with Crippen LogP contribution in [0.25, 0.3) is 0 Å². The molecule has 23 heavy (non-hydrogen) atoms. The van der Waals surface area contributed by atoms with E-state index in [1.54, 1.807) is 0 Å². The number of anilines is 1. The Hall–Kier alpha value is -1.59. The summed E-state index contributed by atoms with van der Waals surface area (Å²) in [5.74, 6) is 0.737. The van der Waals surface area contributed by atoms with E-state index in [1.165, 1.54) is 0 Å². The lowest BCUT2D eigenvalue weighted by Crippen LogP contribution is -2.42. The maximum Gasteiger partial charge on any atom is 0.224 e. The summed E-state index contributed by atoms with van der Waals surface area (Å²) in [5.41, 5.74) is 1.75. The summed E-state index contributed by atoms with van der Waals surface area (Å²) in [5, 5.41) is 16.1. The average Bonchev–Trinajstić information content (AvgIpc) is 2.50. The molecule has 1 unspecified atom stereocenters. The Morgan fingerprint density at radius 1 is 1.30 bits per heavy atom. The molecule has 0 aliphatic carbocycles. The average molecular weight is 322 g/mol. The molecule has 3 N–H and O–H groups in total. The molecule has 130 valence electrons. The fourth-order valence-electron chi connectivity index (χ4n) is 1.99. The Morgan fingerprint density at radius 2 is 2.00 bits per heavy atom. The van der Waals surface area contributed by atoms with E-state index in [9.17, 15) is 9.90 Å². The van der Waals surface area contributed by atoms with Crippen molar-refractivity contribution in [1.29, 1.82) is 0 Å². The first-order valence-electron chi connectivity index (χ1n) is 8.23. The quantitative estimate of drug-likeness (QED) is 0.688. The molecule has 0 aliphatic rings. The van der Waals surface area contributed by atoms with E-state index in [1.807, 2.05) is 32.0 Å². The van der Waals surface area contributed by atoms with Gasteiger partial charge in [-0.15, -0.1) is 0 Å². The molecule has 1 atom stereocenters. The highest BCUT2D eigenvalue weighted by molar-refractivity contribution is 5.90. The van der Waals surface area contributed by atoms with Crippen LogP contribution in [0.3, 0.4) is 0 Å². The molecule has 1 rings (SSSR count). The molecule has 0 aliphatic heterocycles. The molecule has 1 aromatic carbocycles. The van der Waals surface area contributed by atoms with Gasteiger partial charge in [0.15, 0.2) is 0 Å². The van der Waals surface area contributed by atoms with Crippen LogP contribution in [0.5, 0.6) is 5.75 Å². The predicted molar refractivity (Wildman–Crippen MR) is 94.0 cm³/mol. The van der Waals surface area contributed by atoms with Crippen LogP contribution in [0.4, 0.5) is 5.69 Å². The highest BCUT2D eigenvalue weighted by Crippen LogP contribution is 2.23. The number of nitrogens with one attached hydrogen (secondary N) is 2. The standard InChI is InChI=1S/C18H30N2O3/c1-6-13-10-14(20-17(22)7-2)8-9-16(13)23-12-15(21)11-19-18(3,4)5/h8-10,15,19,21H,6-7,11-12H2,1-5H3,(H,20,22). The molecular formula is C18H30N2O3. The van der Waals surface area contributed by atoms with Gasteiger partial charge in [-0.25, -0.2) is 0 Å². The fourth-order valence-corrected chi connectivity index (χ4v) is 1.99. The van der Waals surface area contributed by atoms with Crippen LogP contribution < -0.4 is 15.4 Å². The molecule has 0 spiro atoms. The Kier molecular flexibility index (Phi) is 7.52. The summed E-state index contributed by atoms with van der Waals surface area (Å²) in [6, 6.07) is 5.58. The van der Waals surface area contributed by atoms with Crippen molar-refractivity contribution in [3.8, 4) is 5.75 Å². The number of rotatable bonds is 8. The molecular weight excluding hydrogens is 292 g/mol. The summed E-state index contributed by atoms with van der Waals surface area (Å²) in [6.45, 7) is 10.7. The van der Waals surface area contributed by atoms with E-state index in [2.05, 4.69) is 31.4 Å². The molecule has 0 radical (unpaired) electrons. The number of hydrogen-bond acceptors (Lipinski definition) is 4. The van der Waals surface area contributed by atoms with Gasteiger partial charge >= 0.3 is 0 Å². The first kappa shape index (κ1) is 19.5. The number of benzene rings is 1. The Bertz CT molecular complexity index is 509. The lowest BCUT2D eigenvalue weighted by Gasteiger charge is -2.23. The Morgan fingerprint density at radius 3 is 2.57 bits per heavy atom. The number of aliphatic hydroxyl groups excluding tert-OH is 1. The minimum absolute atomic E-state index is 0.00982. The molecule has 1 amide bonds. The van der Waals surface area contributed by atoms with Crippen molar-refractivity contribution in [3.63, 3.8) is 0 Å². The maximum atomic E-state index is 11.5. The van der Waals surface area contributed by atoms with Crippen LogP contribution in [0, 0.1) is 0 Å². The van der Waals surface area contributed by atoms with Crippen LogP contribution in [0.1, 0.15) is 46.6 Å². The molecule has 0 saturated carbocycles. The van der Waals surface area contributed by atoms with E-state index in [-0.39, 0.29) is 18.1 Å². The van der Waals surface area contributed by atoms with Crippen molar-refractivity contribution < 1.29 is 14.6 Å². The minimum Gasteiger partial charge on any atom is -0.491 e. The Balaban J connectivity index is 2.61. The summed E-state index contributed by atoms with van der Waals surface area (Å²) >= 11 is 0. The highest BCUT2D eigenvalue weighted by atomic mass is 16.5. The number of ether oxygens (including phenoxy) is 1. The summed E-state index contributed by atoms with van der Waals surface area (Å²) in [4.78, 5) is 11.5. The highest BCUT2D eigenvalue weighted by Gasteiger charge is 2.13. The second-order valence-corrected chi connectivity index (χ2v) is 6.67. The first-order valence-corrected chi connectivity index (χ1v) is 8.23. The van der Waals surface area contributed by atoms with Crippen molar-refractivity contribution in [1.82, 2.24) is 5.32 Å². The molecule has 5 heteroatoms. The van der Waals surface area contributed by atoms with Crippen LogP contribution in [-0.2, 0) is 11.2 Å². The molecule has 1 aromatic rings. The molecule has 0 heterocycles. The van der Waals surface area contributed by atoms with Gasteiger partial charge in [0.2, 0.25) is 5.91 Å². The summed E-state index contributed by atoms with van der Waals surface area (Å²) in [6.07, 6.45) is 0.673. The van der Waals surface area contributed by atoms with Crippen molar-refractivity contribution in [3.05, 3.63) is 23.8 Å².